The topological polar surface area (TPSA) is 120 Å². The van der Waals surface area contributed by atoms with Crippen LogP contribution in [0.3, 0.4) is 0 Å². The van der Waals surface area contributed by atoms with Crippen LogP contribution < -0.4 is 0 Å². The van der Waals surface area contributed by atoms with Crippen LogP contribution in [0.15, 0.2) is 30.9 Å². The van der Waals surface area contributed by atoms with Crippen molar-refractivity contribution >= 4 is 39.6 Å². The molecule has 0 fully saturated rings. The zero-order chi connectivity index (χ0) is 20.0. The summed E-state index contributed by atoms with van der Waals surface area (Å²) < 4.78 is 1.72. The van der Waals surface area contributed by atoms with E-state index in [9.17, 15) is 15.2 Å². The van der Waals surface area contributed by atoms with Crippen molar-refractivity contribution in [2.45, 2.75) is 19.9 Å². The van der Waals surface area contributed by atoms with Crippen LogP contribution in [-0.2, 0) is 4.79 Å². The van der Waals surface area contributed by atoms with E-state index in [1.165, 1.54) is 0 Å². The third-order valence-corrected chi connectivity index (χ3v) is 5.19. The number of aromatic amines is 1. The van der Waals surface area contributed by atoms with Gasteiger partial charge in [0.2, 0.25) is 0 Å². The zero-order valence-corrected chi connectivity index (χ0v) is 15.8. The van der Waals surface area contributed by atoms with Crippen LogP contribution in [0.5, 0.6) is 0 Å². The third kappa shape index (κ3) is 2.77. The highest BCUT2D eigenvalue weighted by atomic mass is 35.5. The first-order valence-electron chi connectivity index (χ1n) is 8.54. The molecule has 0 bridgehead atoms. The predicted octanol–water partition coefficient (Wildman–Crippen LogP) is 3.78. The molecule has 4 rings (SSSR count). The molecule has 0 aliphatic carbocycles. The second-order valence-corrected chi connectivity index (χ2v) is 7.05. The Hall–Kier alpha value is -3.44. The van der Waals surface area contributed by atoms with Gasteiger partial charge in [-0.1, -0.05) is 11.6 Å². The smallest absolute Gasteiger partial charge is 0.308 e. The van der Waals surface area contributed by atoms with Gasteiger partial charge in [0.25, 0.3) is 0 Å². The number of carbonyl (C=O) groups is 1. The van der Waals surface area contributed by atoms with Gasteiger partial charge in [-0.15, -0.1) is 0 Å². The molecule has 2 atom stereocenters. The molecule has 0 unspecified atom stereocenters. The van der Waals surface area contributed by atoms with Crippen molar-refractivity contribution in [2.75, 3.05) is 0 Å². The van der Waals surface area contributed by atoms with E-state index in [0.717, 1.165) is 10.9 Å². The van der Waals surface area contributed by atoms with Gasteiger partial charge in [-0.25, -0.2) is 15.0 Å². The molecule has 28 heavy (non-hydrogen) atoms. The summed E-state index contributed by atoms with van der Waals surface area (Å²) in [5.74, 6) is -1.14. The number of nitrogens with zero attached hydrogens (tertiary/aromatic N) is 5. The Morgan fingerprint density at radius 2 is 2.11 bits per heavy atom. The van der Waals surface area contributed by atoms with Crippen LogP contribution in [0.1, 0.15) is 25.5 Å². The van der Waals surface area contributed by atoms with E-state index in [2.05, 4.69) is 26.0 Å². The van der Waals surface area contributed by atoms with E-state index >= 15 is 0 Å². The standard InChI is InChI=1S/C19H15ClN6O2/c1-9(19(27)28)10(2)26-8-11(4-21)14-6-24-17(25-18(14)26)15-7-23-16-13(15)3-12(20)5-22-16/h3,5-10H,1-2H3,(H,22,23)(H,27,28)/t9-,10-/m1/s1. The minimum absolute atomic E-state index is 0.398. The van der Waals surface area contributed by atoms with Gasteiger partial charge in [0.15, 0.2) is 5.82 Å². The fourth-order valence-electron chi connectivity index (χ4n) is 3.17. The van der Waals surface area contributed by atoms with Crippen LogP contribution >= 0.6 is 11.6 Å². The van der Waals surface area contributed by atoms with Crippen LogP contribution in [0.2, 0.25) is 5.02 Å². The van der Waals surface area contributed by atoms with Crippen molar-refractivity contribution in [3.63, 3.8) is 0 Å². The van der Waals surface area contributed by atoms with Crippen molar-refractivity contribution in [1.82, 2.24) is 24.5 Å². The first kappa shape index (κ1) is 17.9. The highest BCUT2D eigenvalue weighted by molar-refractivity contribution is 6.31. The van der Waals surface area contributed by atoms with E-state index in [0.29, 0.717) is 33.1 Å². The summed E-state index contributed by atoms with van der Waals surface area (Å²) in [6.45, 7) is 3.41. The van der Waals surface area contributed by atoms with Crippen LogP contribution in [0.4, 0.5) is 0 Å². The molecule has 0 aromatic carbocycles. The molecular weight excluding hydrogens is 380 g/mol. The highest BCUT2D eigenvalue weighted by Crippen LogP contribution is 2.31. The number of pyridine rings is 1. The number of aliphatic carboxylic acids is 1. The Balaban J connectivity index is 1.93. The molecule has 4 aromatic heterocycles. The summed E-state index contributed by atoms with van der Waals surface area (Å²) >= 11 is 6.07. The molecular formula is C19H15ClN6O2. The SMILES string of the molecule is C[C@H]([C@@H](C)C(=O)O)n1cc(C#N)c2cnc(-c3c[nH]c4ncc(Cl)cc34)nc21. The van der Waals surface area contributed by atoms with E-state index in [-0.39, 0.29) is 0 Å². The van der Waals surface area contributed by atoms with Crippen molar-refractivity contribution < 1.29 is 9.90 Å². The second kappa shape index (κ2) is 6.62. The third-order valence-electron chi connectivity index (χ3n) is 4.98. The van der Waals surface area contributed by atoms with Crippen LogP contribution in [0.25, 0.3) is 33.5 Å². The minimum atomic E-state index is -0.917. The molecule has 0 spiro atoms. The van der Waals surface area contributed by atoms with Crippen LogP contribution in [0, 0.1) is 17.2 Å². The predicted molar refractivity (Wildman–Crippen MR) is 104 cm³/mol. The lowest BCUT2D eigenvalue weighted by molar-refractivity contribution is -0.142. The summed E-state index contributed by atoms with van der Waals surface area (Å²) in [4.78, 5) is 27.8. The average molecular weight is 395 g/mol. The first-order valence-corrected chi connectivity index (χ1v) is 8.92. The number of carboxylic acid groups (broad SMARTS) is 1. The largest absolute Gasteiger partial charge is 0.481 e. The number of hydrogen-bond acceptors (Lipinski definition) is 5. The quantitative estimate of drug-likeness (QED) is 0.543. The summed E-state index contributed by atoms with van der Waals surface area (Å²) in [5.41, 5.74) is 2.28. The molecule has 0 saturated carbocycles. The lowest BCUT2D eigenvalue weighted by atomic mass is 10.0. The Morgan fingerprint density at radius 1 is 1.32 bits per heavy atom. The van der Waals surface area contributed by atoms with Gasteiger partial charge < -0.3 is 14.7 Å². The first-order chi connectivity index (χ1) is 13.4. The number of fused-ring (bicyclic) bond motifs is 2. The van der Waals surface area contributed by atoms with Crippen LogP contribution in [-0.4, -0.2) is 35.6 Å². The van der Waals surface area contributed by atoms with Gasteiger partial charge in [0.05, 0.1) is 21.9 Å². The lowest BCUT2D eigenvalue weighted by Gasteiger charge is -2.18. The molecule has 0 saturated heterocycles. The molecule has 0 radical (unpaired) electrons. The minimum Gasteiger partial charge on any atom is -0.481 e. The van der Waals surface area contributed by atoms with Gasteiger partial charge >= 0.3 is 5.97 Å². The Labute approximate surface area is 164 Å². The zero-order valence-electron chi connectivity index (χ0n) is 15.0. The van der Waals surface area contributed by atoms with Crippen molar-refractivity contribution in [3.8, 4) is 17.5 Å². The van der Waals surface area contributed by atoms with Crippen molar-refractivity contribution in [3.05, 3.63) is 41.4 Å². The van der Waals surface area contributed by atoms with E-state index < -0.39 is 17.9 Å². The fraction of sp³-hybridized carbons (Fsp3) is 0.211. The van der Waals surface area contributed by atoms with Gasteiger partial charge in [0.1, 0.15) is 17.4 Å². The Bertz CT molecular complexity index is 1270. The number of aromatic nitrogens is 5. The number of rotatable bonds is 4. The van der Waals surface area contributed by atoms with Crippen molar-refractivity contribution in [1.29, 1.82) is 5.26 Å². The van der Waals surface area contributed by atoms with E-state index in [1.807, 2.05) is 0 Å². The Kier molecular flexibility index (Phi) is 4.24. The maximum Gasteiger partial charge on any atom is 0.308 e. The average Bonchev–Trinajstić information content (AvgIpc) is 3.27. The molecule has 2 N–H and O–H groups in total. The van der Waals surface area contributed by atoms with Gasteiger partial charge in [-0.05, 0) is 19.9 Å². The Morgan fingerprint density at radius 3 is 2.82 bits per heavy atom. The number of nitriles is 1. The maximum absolute atomic E-state index is 11.4. The van der Waals surface area contributed by atoms with Gasteiger partial charge in [0, 0.05) is 41.8 Å². The van der Waals surface area contributed by atoms with Gasteiger partial charge in [-0.3, -0.25) is 4.79 Å². The lowest BCUT2D eigenvalue weighted by Crippen LogP contribution is -2.21. The fourth-order valence-corrected chi connectivity index (χ4v) is 3.33. The number of hydrogen-bond donors (Lipinski definition) is 2. The molecule has 9 heteroatoms. The monoisotopic (exact) mass is 394 g/mol. The molecule has 140 valence electrons. The highest BCUT2D eigenvalue weighted by Gasteiger charge is 2.24. The second-order valence-electron chi connectivity index (χ2n) is 6.61. The summed E-state index contributed by atoms with van der Waals surface area (Å²) in [7, 11) is 0. The maximum atomic E-state index is 11.4. The summed E-state index contributed by atoms with van der Waals surface area (Å²) in [6.07, 6.45) is 6.51. The van der Waals surface area contributed by atoms with Crippen molar-refractivity contribution in [2.24, 2.45) is 5.92 Å². The molecule has 4 heterocycles. The number of halogens is 1. The number of nitrogens with one attached hydrogen (secondary N) is 1. The van der Waals surface area contributed by atoms with E-state index in [1.54, 1.807) is 49.3 Å². The summed E-state index contributed by atoms with van der Waals surface area (Å²) in [6, 6.07) is 3.50. The molecule has 0 aliphatic heterocycles. The molecule has 0 aliphatic rings. The molecule has 8 nitrogen and oxygen atoms in total. The number of carboxylic acids is 1. The number of H-pyrrole nitrogens is 1. The van der Waals surface area contributed by atoms with Gasteiger partial charge in [-0.2, -0.15) is 5.26 Å². The molecule has 0 amide bonds. The normalized spacial score (nSPS) is 13.5. The summed E-state index contributed by atoms with van der Waals surface area (Å²) in [5, 5.41) is 20.6. The molecule has 4 aromatic rings. The van der Waals surface area contributed by atoms with E-state index in [4.69, 9.17) is 11.6 Å².